The zero-order valence-corrected chi connectivity index (χ0v) is 13.1. The van der Waals surface area contributed by atoms with Crippen molar-refractivity contribution in [3.8, 4) is 11.3 Å². The van der Waals surface area contributed by atoms with E-state index in [0.717, 1.165) is 41.8 Å². The summed E-state index contributed by atoms with van der Waals surface area (Å²) in [5.74, 6) is 0.910. The van der Waals surface area contributed by atoms with Crippen molar-refractivity contribution < 1.29 is 9.52 Å². The number of likely N-dealkylation sites (tertiary alicyclic amines) is 1. The van der Waals surface area contributed by atoms with Gasteiger partial charge in [-0.05, 0) is 43.1 Å². The molecule has 1 aliphatic heterocycles. The molecule has 0 radical (unpaired) electrons. The van der Waals surface area contributed by atoms with E-state index in [1.54, 1.807) is 0 Å². The van der Waals surface area contributed by atoms with Crippen molar-refractivity contribution in [3.63, 3.8) is 0 Å². The molecule has 1 atom stereocenters. The lowest BCUT2D eigenvalue weighted by Gasteiger charge is -2.22. The van der Waals surface area contributed by atoms with Crippen LogP contribution < -0.4 is 0 Å². The summed E-state index contributed by atoms with van der Waals surface area (Å²) in [7, 11) is 0. The van der Waals surface area contributed by atoms with Gasteiger partial charge in [0.05, 0.1) is 6.61 Å². The Kier molecular flexibility index (Phi) is 3.90. The lowest BCUT2D eigenvalue weighted by Crippen LogP contribution is -2.31. The standard InChI is InChI=1S/C20H21NO2/c22-14-18-8-4-10-21(18)13-15-5-3-7-16(11-15)20-12-17-6-1-2-9-19(17)23-20/h1-3,5-7,9,11-12,18,22H,4,8,10,13-14H2/t18-/m0/s1. The van der Waals surface area contributed by atoms with Gasteiger partial charge in [0.25, 0.3) is 0 Å². The van der Waals surface area contributed by atoms with E-state index in [1.807, 2.05) is 18.2 Å². The van der Waals surface area contributed by atoms with E-state index in [0.29, 0.717) is 6.04 Å². The topological polar surface area (TPSA) is 36.6 Å². The van der Waals surface area contributed by atoms with Gasteiger partial charge in [-0.1, -0.05) is 36.4 Å². The fourth-order valence-electron chi connectivity index (χ4n) is 3.49. The highest BCUT2D eigenvalue weighted by atomic mass is 16.3. The molecule has 0 saturated carbocycles. The van der Waals surface area contributed by atoms with E-state index in [9.17, 15) is 5.11 Å². The van der Waals surface area contributed by atoms with Gasteiger partial charge in [0.1, 0.15) is 11.3 Å². The zero-order valence-electron chi connectivity index (χ0n) is 13.1. The molecule has 1 fully saturated rings. The van der Waals surface area contributed by atoms with Crippen LogP contribution >= 0.6 is 0 Å². The van der Waals surface area contributed by atoms with E-state index >= 15 is 0 Å². The predicted octanol–water partition coefficient (Wildman–Crippen LogP) is 4.06. The van der Waals surface area contributed by atoms with Crippen molar-refractivity contribution >= 4 is 11.0 Å². The molecule has 0 unspecified atom stereocenters. The summed E-state index contributed by atoms with van der Waals surface area (Å²) in [5.41, 5.74) is 3.30. The minimum absolute atomic E-state index is 0.253. The minimum atomic E-state index is 0.253. The van der Waals surface area contributed by atoms with Crippen LogP contribution in [0.2, 0.25) is 0 Å². The maximum Gasteiger partial charge on any atom is 0.135 e. The second-order valence-electron chi connectivity index (χ2n) is 6.30. The average Bonchev–Trinajstić information content (AvgIpc) is 3.21. The number of fused-ring (bicyclic) bond motifs is 1. The van der Waals surface area contributed by atoms with Crippen LogP contribution in [0.4, 0.5) is 0 Å². The van der Waals surface area contributed by atoms with E-state index in [2.05, 4.69) is 41.3 Å². The molecule has 23 heavy (non-hydrogen) atoms. The third kappa shape index (κ3) is 2.90. The summed E-state index contributed by atoms with van der Waals surface area (Å²) in [5, 5.41) is 10.6. The normalized spacial score (nSPS) is 18.7. The van der Waals surface area contributed by atoms with Gasteiger partial charge in [0.15, 0.2) is 0 Å². The Balaban J connectivity index is 1.60. The van der Waals surface area contributed by atoms with Crippen LogP contribution in [0.3, 0.4) is 0 Å². The van der Waals surface area contributed by atoms with Crippen LogP contribution in [0.5, 0.6) is 0 Å². The van der Waals surface area contributed by atoms with Crippen LogP contribution in [0, 0.1) is 0 Å². The largest absolute Gasteiger partial charge is 0.456 e. The van der Waals surface area contributed by atoms with Crippen LogP contribution in [0.25, 0.3) is 22.3 Å². The lowest BCUT2D eigenvalue weighted by atomic mass is 10.1. The molecule has 3 nitrogen and oxygen atoms in total. The molecule has 0 amide bonds. The van der Waals surface area contributed by atoms with Crippen molar-refractivity contribution in [1.82, 2.24) is 4.90 Å². The van der Waals surface area contributed by atoms with Crippen molar-refractivity contribution in [2.45, 2.75) is 25.4 Å². The van der Waals surface area contributed by atoms with E-state index in [4.69, 9.17) is 4.42 Å². The number of rotatable bonds is 4. The van der Waals surface area contributed by atoms with E-state index < -0.39 is 0 Å². The number of hydrogen-bond donors (Lipinski definition) is 1. The van der Waals surface area contributed by atoms with Gasteiger partial charge in [-0.25, -0.2) is 0 Å². The lowest BCUT2D eigenvalue weighted by molar-refractivity contribution is 0.153. The smallest absolute Gasteiger partial charge is 0.135 e. The molecular formula is C20H21NO2. The molecule has 2 aromatic carbocycles. The third-order valence-corrected chi connectivity index (χ3v) is 4.73. The summed E-state index contributed by atoms with van der Waals surface area (Å²) in [6, 6.07) is 19.0. The molecule has 3 aromatic rings. The third-order valence-electron chi connectivity index (χ3n) is 4.73. The molecule has 2 heterocycles. The Bertz CT molecular complexity index is 775. The molecule has 0 spiro atoms. The Morgan fingerprint density at radius 1 is 1.09 bits per heavy atom. The number of para-hydroxylation sites is 1. The monoisotopic (exact) mass is 307 g/mol. The first-order valence-electron chi connectivity index (χ1n) is 8.26. The summed E-state index contributed by atoms with van der Waals surface area (Å²) >= 11 is 0. The molecule has 0 aliphatic carbocycles. The quantitative estimate of drug-likeness (QED) is 0.790. The van der Waals surface area contributed by atoms with Crippen molar-refractivity contribution in [2.24, 2.45) is 0 Å². The fraction of sp³-hybridized carbons (Fsp3) is 0.300. The minimum Gasteiger partial charge on any atom is -0.456 e. The van der Waals surface area contributed by atoms with Crippen LogP contribution in [0.1, 0.15) is 18.4 Å². The molecule has 0 bridgehead atoms. The summed E-state index contributed by atoms with van der Waals surface area (Å²) in [6.07, 6.45) is 2.27. The molecule has 1 aliphatic rings. The highest BCUT2D eigenvalue weighted by Gasteiger charge is 2.23. The maximum absolute atomic E-state index is 9.47. The Labute approximate surface area is 136 Å². The Morgan fingerprint density at radius 2 is 2.00 bits per heavy atom. The fourth-order valence-corrected chi connectivity index (χ4v) is 3.49. The molecule has 4 rings (SSSR count). The number of hydrogen-bond acceptors (Lipinski definition) is 3. The number of aliphatic hydroxyl groups is 1. The molecule has 1 N–H and O–H groups in total. The summed E-state index contributed by atoms with van der Waals surface area (Å²) in [4.78, 5) is 2.37. The van der Waals surface area contributed by atoms with Crippen molar-refractivity contribution in [1.29, 1.82) is 0 Å². The number of furan rings is 1. The van der Waals surface area contributed by atoms with Gasteiger partial charge in [0.2, 0.25) is 0 Å². The summed E-state index contributed by atoms with van der Waals surface area (Å²) < 4.78 is 5.97. The number of aliphatic hydroxyl groups excluding tert-OH is 1. The predicted molar refractivity (Wildman–Crippen MR) is 92.2 cm³/mol. The molecule has 1 saturated heterocycles. The SMILES string of the molecule is OC[C@@H]1CCCN1Cc1cccc(-c2cc3ccccc3o2)c1. The Hall–Kier alpha value is -2.10. The first-order valence-corrected chi connectivity index (χ1v) is 8.26. The number of nitrogens with zero attached hydrogens (tertiary/aromatic N) is 1. The van der Waals surface area contributed by atoms with Gasteiger partial charge >= 0.3 is 0 Å². The zero-order chi connectivity index (χ0) is 15.6. The maximum atomic E-state index is 9.47. The highest BCUT2D eigenvalue weighted by Crippen LogP contribution is 2.29. The number of benzene rings is 2. The average molecular weight is 307 g/mol. The first-order chi connectivity index (χ1) is 11.3. The van der Waals surface area contributed by atoms with E-state index in [1.165, 1.54) is 12.0 Å². The van der Waals surface area contributed by atoms with Crippen LogP contribution in [0.15, 0.2) is 59.0 Å². The highest BCUT2D eigenvalue weighted by molar-refractivity contribution is 5.82. The molecule has 3 heteroatoms. The second-order valence-corrected chi connectivity index (χ2v) is 6.30. The van der Waals surface area contributed by atoms with Crippen molar-refractivity contribution in [2.75, 3.05) is 13.2 Å². The molecule has 118 valence electrons. The van der Waals surface area contributed by atoms with Gasteiger partial charge in [0, 0.05) is 23.5 Å². The van der Waals surface area contributed by atoms with Crippen LogP contribution in [-0.2, 0) is 6.54 Å². The van der Waals surface area contributed by atoms with E-state index in [-0.39, 0.29) is 6.61 Å². The first kappa shape index (κ1) is 14.5. The molecule has 1 aromatic heterocycles. The van der Waals surface area contributed by atoms with Gasteiger partial charge in [-0.2, -0.15) is 0 Å². The van der Waals surface area contributed by atoms with Gasteiger partial charge in [-0.15, -0.1) is 0 Å². The van der Waals surface area contributed by atoms with Gasteiger partial charge in [-0.3, -0.25) is 4.90 Å². The Morgan fingerprint density at radius 3 is 2.87 bits per heavy atom. The molecular weight excluding hydrogens is 286 g/mol. The second kappa shape index (κ2) is 6.19. The van der Waals surface area contributed by atoms with Crippen molar-refractivity contribution in [3.05, 3.63) is 60.2 Å². The van der Waals surface area contributed by atoms with Crippen LogP contribution in [-0.4, -0.2) is 29.2 Å². The summed E-state index contributed by atoms with van der Waals surface area (Å²) in [6.45, 7) is 2.21. The van der Waals surface area contributed by atoms with Gasteiger partial charge < -0.3 is 9.52 Å².